The van der Waals surface area contributed by atoms with Crippen LogP contribution in [0, 0.1) is 0 Å². The van der Waals surface area contributed by atoms with Crippen LogP contribution >= 0.6 is 0 Å². The maximum Gasteiger partial charge on any atom is 0.263 e. The van der Waals surface area contributed by atoms with Crippen molar-refractivity contribution in [3.8, 4) is 11.5 Å². The van der Waals surface area contributed by atoms with E-state index >= 15 is 0 Å². The Morgan fingerprint density at radius 3 is 2.50 bits per heavy atom. The van der Waals surface area contributed by atoms with Gasteiger partial charge in [0.25, 0.3) is 17.7 Å². The first-order valence-corrected chi connectivity index (χ1v) is 12.7. The number of methoxy groups -OCH3 is 1. The van der Waals surface area contributed by atoms with Crippen LogP contribution in [0.25, 0.3) is 0 Å². The molecule has 9 heteroatoms. The topological polar surface area (TPSA) is 109 Å². The van der Waals surface area contributed by atoms with E-state index in [0.29, 0.717) is 22.7 Å². The van der Waals surface area contributed by atoms with Crippen molar-refractivity contribution in [3.05, 3.63) is 82.7 Å². The molecule has 2 aromatic carbocycles. The van der Waals surface area contributed by atoms with Gasteiger partial charge < -0.3 is 19.5 Å². The molecule has 2 unspecified atom stereocenters. The summed E-state index contributed by atoms with van der Waals surface area (Å²) in [4.78, 5) is 46.2. The lowest BCUT2D eigenvalue weighted by Crippen LogP contribution is -2.34. The maximum atomic E-state index is 13.6. The number of hydrogen-bond donors (Lipinski definition) is 1. The van der Waals surface area contributed by atoms with E-state index in [1.807, 2.05) is 19.1 Å². The summed E-state index contributed by atoms with van der Waals surface area (Å²) in [5, 5.41) is 10.6. The number of rotatable bonds is 5. The molecule has 3 amide bonds. The van der Waals surface area contributed by atoms with E-state index in [0.717, 1.165) is 36.1 Å². The molecular formula is C29H27N3O6. The Hall–Kier alpha value is -4.24. The molecule has 2 aliphatic heterocycles. The van der Waals surface area contributed by atoms with Crippen molar-refractivity contribution < 1.29 is 29.0 Å². The highest BCUT2D eigenvalue weighted by atomic mass is 16.5. The highest BCUT2D eigenvalue weighted by molar-refractivity contribution is 6.15. The smallest absolute Gasteiger partial charge is 0.263 e. The molecule has 0 radical (unpaired) electrons. The van der Waals surface area contributed by atoms with Crippen LogP contribution in [0.4, 0.5) is 5.69 Å². The van der Waals surface area contributed by atoms with Crippen LogP contribution in [-0.4, -0.2) is 45.9 Å². The van der Waals surface area contributed by atoms with Crippen LogP contribution in [0.15, 0.2) is 54.9 Å². The van der Waals surface area contributed by atoms with Gasteiger partial charge in [-0.25, -0.2) is 4.90 Å². The number of carbonyl (C=O) groups is 3. The normalized spacial score (nSPS) is 20.6. The van der Waals surface area contributed by atoms with Crippen LogP contribution in [-0.2, 0) is 0 Å². The van der Waals surface area contributed by atoms with Crippen LogP contribution in [0.5, 0.6) is 11.5 Å². The third-order valence-electron chi connectivity index (χ3n) is 7.65. The van der Waals surface area contributed by atoms with E-state index in [4.69, 9.17) is 9.47 Å². The predicted molar refractivity (Wildman–Crippen MR) is 137 cm³/mol. The second-order valence-electron chi connectivity index (χ2n) is 9.83. The summed E-state index contributed by atoms with van der Waals surface area (Å²) in [7, 11) is 1.59. The minimum absolute atomic E-state index is 0.127. The number of ether oxygens (including phenoxy) is 2. The fourth-order valence-electron chi connectivity index (χ4n) is 5.65. The van der Waals surface area contributed by atoms with Gasteiger partial charge in [0.05, 0.1) is 24.8 Å². The SMILES string of the molecule is COc1ccc(N2C(=O)c3cc(C(=O)N4C(=O)c5ccncc5C4O)ccc3C2C)cc1OC1CCCC1. The average Bonchev–Trinajstić information content (AvgIpc) is 3.60. The molecule has 0 saturated heterocycles. The van der Waals surface area contributed by atoms with Crippen LogP contribution in [0.1, 0.15) is 87.1 Å². The van der Waals surface area contributed by atoms with Crippen molar-refractivity contribution in [3.63, 3.8) is 0 Å². The van der Waals surface area contributed by atoms with Gasteiger partial charge >= 0.3 is 0 Å². The molecule has 0 bridgehead atoms. The standard InChI is InChI=1S/C29H27N3O6/c1-16-20-9-7-17(26(33)32-27(34)21-11-12-30-15-23(21)29(32)36)13-22(20)28(35)31(16)18-8-10-24(37-2)25(14-18)38-19-5-3-4-6-19/h7-16,19,29,36H,3-6H2,1-2H3. The first-order valence-electron chi connectivity index (χ1n) is 12.7. The summed E-state index contributed by atoms with van der Waals surface area (Å²) < 4.78 is 11.7. The Kier molecular flexibility index (Phi) is 5.87. The minimum atomic E-state index is -1.43. The van der Waals surface area contributed by atoms with Gasteiger partial charge in [-0.1, -0.05) is 6.07 Å². The maximum absolute atomic E-state index is 13.6. The highest BCUT2D eigenvalue weighted by Crippen LogP contribution is 2.42. The number of carbonyl (C=O) groups excluding carboxylic acids is 3. The molecule has 1 N–H and O–H groups in total. The monoisotopic (exact) mass is 513 g/mol. The quantitative estimate of drug-likeness (QED) is 0.503. The van der Waals surface area contributed by atoms with Gasteiger partial charge in [-0.15, -0.1) is 0 Å². The molecule has 1 saturated carbocycles. The summed E-state index contributed by atoms with van der Waals surface area (Å²) >= 11 is 0. The van der Waals surface area contributed by atoms with E-state index in [9.17, 15) is 19.5 Å². The van der Waals surface area contributed by atoms with Crippen molar-refractivity contribution in [1.29, 1.82) is 0 Å². The lowest BCUT2D eigenvalue weighted by molar-refractivity contribution is 0.0175. The molecule has 2 atom stereocenters. The molecule has 194 valence electrons. The van der Waals surface area contributed by atoms with Gasteiger partial charge in [0.2, 0.25) is 0 Å². The number of hydrogen-bond acceptors (Lipinski definition) is 7. The third-order valence-corrected chi connectivity index (χ3v) is 7.65. The minimum Gasteiger partial charge on any atom is -0.493 e. The molecule has 38 heavy (non-hydrogen) atoms. The van der Waals surface area contributed by atoms with Crippen LogP contribution < -0.4 is 14.4 Å². The zero-order chi connectivity index (χ0) is 26.6. The largest absolute Gasteiger partial charge is 0.493 e. The molecule has 0 spiro atoms. The van der Waals surface area contributed by atoms with Crippen molar-refractivity contribution in [2.75, 3.05) is 12.0 Å². The van der Waals surface area contributed by atoms with E-state index in [1.165, 1.54) is 24.5 Å². The van der Waals surface area contributed by atoms with E-state index in [2.05, 4.69) is 4.98 Å². The Bertz CT molecular complexity index is 1460. The van der Waals surface area contributed by atoms with Gasteiger partial charge in [-0.05, 0) is 68.5 Å². The predicted octanol–water partition coefficient (Wildman–Crippen LogP) is 4.42. The third kappa shape index (κ3) is 3.73. The van der Waals surface area contributed by atoms with Crippen molar-refractivity contribution in [1.82, 2.24) is 9.88 Å². The van der Waals surface area contributed by atoms with Crippen molar-refractivity contribution in [2.45, 2.75) is 51.0 Å². The number of anilines is 1. The Morgan fingerprint density at radius 1 is 0.974 bits per heavy atom. The molecule has 6 rings (SSSR count). The summed E-state index contributed by atoms with van der Waals surface area (Å²) in [6, 6.07) is 11.4. The van der Waals surface area contributed by atoms with Gasteiger partial charge in [-0.3, -0.25) is 19.4 Å². The first kappa shape index (κ1) is 24.1. The number of benzene rings is 2. The van der Waals surface area contributed by atoms with E-state index in [1.54, 1.807) is 30.2 Å². The fourth-order valence-corrected chi connectivity index (χ4v) is 5.65. The lowest BCUT2D eigenvalue weighted by atomic mass is 10.0. The number of aliphatic hydroxyl groups is 1. The number of amides is 3. The molecule has 3 aliphatic rings. The second kappa shape index (κ2) is 9.25. The average molecular weight is 514 g/mol. The van der Waals surface area contributed by atoms with Crippen LogP contribution in [0.3, 0.4) is 0 Å². The number of aliphatic hydroxyl groups excluding tert-OH is 1. The van der Waals surface area contributed by atoms with E-state index < -0.39 is 18.0 Å². The van der Waals surface area contributed by atoms with Gasteiger partial charge in [0.1, 0.15) is 0 Å². The summed E-state index contributed by atoms with van der Waals surface area (Å²) in [5.74, 6) is -0.346. The van der Waals surface area contributed by atoms with Gasteiger partial charge in [0, 0.05) is 40.8 Å². The summed E-state index contributed by atoms with van der Waals surface area (Å²) in [5.41, 5.74) is 2.44. The van der Waals surface area contributed by atoms with E-state index in [-0.39, 0.29) is 34.7 Å². The number of aromatic nitrogens is 1. The molecule has 3 aromatic rings. The first-order chi connectivity index (χ1) is 18.4. The molecule has 1 fully saturated rings. The number of fused-ring (bicyclic) bond motifs is 2. The van der Waals surface area contributed by atoms with Gasteiger partial charge in [-0.2, -0.15) is 0 Å². The number of pyridine rings is 1. The Labute approximate surface area is 219 Å². The van der Waals surface area contributed by atoms with Crippen molar-refractivity contribution in [2.24, 2.45) is 0 Å². The molecule has 1 aromatic heterocycles. The second-order valence-corrected chi connectivity index (χ2v) is 9.83. The number of imide groups is 1. The highest BCUT2D eigenvalue weighted by Gasteiger charge is 2.41. The van der Waals surface area contributed by atoms with Gasteiger partial charge in [0.15, 0.2) is 17.7 Å². The summed E-state index contributed by atoms with van der Waals surface area (Å²) in [6.07, 6.45) is 5.75. The Balaban J connectivity index is 1.29. The molecule has 9 nitrogen and oxygen atoms in total. The molecular weight excluding hydrogens is 486 g/mol. The molecule has 1 aliphatic carbocycles. The number of nitrogens with zero attached hydrogens (tertiary/aromatic N) is 3. The zero-order valence-electron chi connectivity index (χ0n) is 21.1. The summed E-state index contributed by atoms with van der Waals surface area (Å²) in [6.45, 7) is 1.92. The fraction of sp³-hybridized carbons (Fsp3) is 0.310. The lowest BCUT2D eigenvalue weighted by Gasteiger charge is -2.24. The Morgan fingerprint density at radius 2 is 1.76 bits per heavy atom. The zero-order valence-corrected chi connectivity index (χ0v) is 21.1. The van der Waals surface area contributed by atoms with Crippen molar-refractivity contribution >= 4 is 23.4 Å². The molecule has 3 heterocycles. The van der Waals surface area contributed by atoms with Crippen LogP contribution in [0.2, 0.25) is 0 Å².